The molecule has 138 valence electrons. The van der Waals surface area contributed by atoms with Gasteiger partial charge in [0.1, 0.15) is 12.4 Å². The summed E-state index contributed by atoms with van der Waals surface area (Å²) in [6.07, 6.45) is 3.80. The third-order valence-electron chi connectivity index (χ3n) is 4.65. The van der Waals surface area contributed by atoms with Crippen LogP contribution in [0.1, 0.15) is 31.4 Å². The minimum atomic E-state index is 0.0565. The van der Waals surface area contributed by atoms with Gasteiger partial charge < -0.3 is 14.4 Å². The number of amides is 1. The molecule has 1 aliphatic heterocycles. The molecule has 0 radical (unpaired) electrons. The van der Waals surface area contributed by atoms with Crippen LogP contribution in [-0.2, 0) is 9.53 Å². The molecule has 1 fully saturated rings. The van der Waals surface area contributed by atoms with E-state index in [-0.39, 0.29) is 18.4 Å². The molecule has 3 rings (SSSR count). The molecule has 0 bridgehead atoms. The summed E-state index contributed by atoms with van der Waals surface area (Å²) in [5.74, 6) is 1.79. The number of methoxy groups -OCH3 is 1. The van der Waals surface area contributed by atoms with E-state index < -0.39 is 0 Å². The predicted octanol–water partition coefficient (Wildman–Crippen LogP) is 2.89. The van der Waals surface area contributed by atoms with Crippen molar-refractivity contribution in [2.75, 3.05) is 33.4 Å². The SMILES string of the molecule is CCOCC(=O)N1CCC[C@@H](c2ccnc(-c3ccc(OC)cc3)n2)C1. The normalized spacial score (nSPS) is 17.2. The standard InChI is InChI=1S/C20H25N3O3/c1-3-26-14-19(24)23-12-4-5-16(13-23)18-10-11-21-20(22-18)15-6-8-17(25-2)9-7-15/h6-11,16H,3-5,12-14H2,1-2H3/t16-/m1/s1. The largest absolute Gasteiger partial charge is 0.497 e. The molecule has 6 heteroatoms. The molecule has 26 heavy (non-hydrogen) atoms. The van der Waals surface area contributed by atoms with E-state index >= 15 is 0 Å². The highest BCUT2D eigenvalue weighted by Gasteiger charge is 2.25. The Kier molecular flexibility index (Phi) is 6.17. The Bertz CT molecular complexity index is 733. The number of carbonyl (C=O) groups excluding carboxylic acids is 1. The number of piperidine rings is 1. The van der Waals surface area contributed by atoms with Crippen LogP contribution in [0.3, 0.4) is 0 Å². The van der Waals surface area contributed by atoms with E-state index in [0.717, 1.165) is 36.4 Å². The Balaban J connectivity index is 1.73. The van der Waals surface area contributed by atoms with Gasteiger partial charge in [0.25, 0.3) is 0 Å². The summed E-state index contributed by atoms with van der Waals surface area (Å²) in [6.45, 7) is 4.09. The van der Waals surface area contributed by atoms with Gasteiger partial charge in [-0.3, -0.25) is 4.79 Å². The van der Waals surface area contributed by atoms with E-state index in [2.05, 4.69) is 4.98 Å². The van der Waals surface area contributed by atoms with Crippen LogP contribution in [0.5, 0.6) is 5.75 Å². The Morgan fingerprint density at radius 3 is 2.81 bits per heavy atom. The highest BCUT2D eigenvalue weighted by Crippen LogP contribution is 2.27. The summed E-state index contributed by atoms with van der Waals surface area (Å²) in [4.78, 5) is 23.3. The van der Waals surface area contributed by atoms with Crippen LogP contribution < -0.4 is 4.74 Å². The van der Waals surface area contributed by atoms with Crippen LogP contribution in [0.4, 0.5) is 0 Å². The van der Waals surface area contributed by atoms with Gasteiger partial charge in [0, 0.05) is 43.1 Å². The van der Waals surface area contributed by atoms with Crippen LogP contribution in [0.15, 0.2) is 36.5 Å². The maximum Gasteiger partial charge on any atom is 0.248 e. The molecule has 0 unspecified atom stereocenters. The molecule has 6 nitrogen and oxygen atoms in total. The van der Waals surface area contributed by atoms with Gasteiger partial charge in [-0.25, -0.2) is 9.97 Å². The Hall–Kier alpha value is -2.47. The Morgan fingerprint density at radius 1 is 1.27 bits per heavy atom. The second-order valence-corrected chi connectivity index (χ2v) is 6.35. The lowest BCUT2D eigenvalue weighted by molar-refractivity contribution is -0.137. The van der Waals surface area contributed by atoms with Crippen LogP contribution in [0, 0.1) is 0 Å². The van der Waals surface area contributed by atoms with Gasteiger partial charge in [0.2, 0.25) is 5.91 Å². The molecular formula is C20H25N3O3. The molecule has 0 spiro atoms. The van der Waals surface area contributed by atoms with Crippen molar-refractivity contribution in [2.24, 2.45) is 0 Å². The topological polar surface area (TPSA) is 64.5 Å². The summed E-state index contributed by atoms with van der Waals surface area (Å²) >= 11 is 0. The highest BCUT2D eigenvalue weighted by molar-refractivity contribution is 5.77. The van der Waals surface area contributed by atoms with Crippen LogP contribution in [-0.4, -0.2) is 54.2 Å². The number of likely N-dealkylation sites (tertiary alicyclic amines) is 1. The molecule has 2 aromatic rings. The number of benzene rings is 1. The molecule has 1 aliphatic rings. The van der Waals surface area contributed by atoms with E-state index in [1.807, 2.05) is 42.2 Å². The minimum absolute atomic E-state index is 0.0565. The molecule has 1 atom stereocenters. The molecule has 1 aromatic carbocycles. The lowest BCUT2D eigenvalue weighted by Gasteiger charge is -2.32. The monoisotopic (exact) mass is 355 g/mol. The van der Waals surface area contributed by atoms with Crippen LogP contribution in [0.25, 0.3) is 11.4 Å². The molecule has 0 saturated carbocycles. The number of nitrogens with zero attached hydrogens (tertiary/aromatic N) is 3. The Labute approximate surface area is 154 Å². The second kappa shape index (κ2) is 8.76. The maximum absolute atomic E-state index is 12.2. The number of aromatic nitrogens is 2. The lowest BCUT2D eigenvalue weighted by atomic mass is 9.94. The van der Waals surface area contributed by atoms with Gasteiger partial charge in [-0.15, -0.1) is 0 Å². The minimum Gasteiger partial charge on any atom is -0.497 e. The van der Waals surface area contributed by atoms with Gasteiger partial charge in [-0.2, -0.15) is 0 Å². The second-order valence-electron chi connectivity index (χ2n) is 6.35. The average Bonchev–Trinajstić information content (AvgIpc) is 2.72. The lowest BCUT2D eigenvalue weighted by Crippen LogP contribution is -2.41. The number of carbonyl (C=O) groups is 1. The highest BCUT2D eigenvalue weighted by atomic mass is 16.5. The third kappa shape index (κ3) is 4.38. The predicted molar refractivity (Wildman–Crippen MR) is 99.1 cm³/mol. The summed E-state index contributed by atoms with van der Waals surface area (Å²) in [5.41, 5.74) is 1.94. The van der Waals surface area contributed by atoms with E-state index in [1.54, 1.807) is 13.3 Å². The first-order valence-corrected chi connectivity index (χ1v) is 9.04. The first-order chi connectivity index (χ1) is 12.7. The van der Waals surface area contributed by atoms with Crippen molar-refractivity contribution in [1.29, 1.82) is 0 Å². The summed E-state index contributed by atoms with van der Waals surface area (Å²) in [5, 5.41) is 0. The summed E-state index contributed by atoms with van der Waals surface area (Å²) < 4.78 is 10.5. The summed E-state index contributed by atoms with van der Waals surface area (Å²) in [6, 6.07) is 9.67. The van der Waals surface area contributed by atoms with E-state index in [4.69, 9.17) is 14.5 Å². The first kappa shape index (κ1) is 18.3. The maximum atomic E-state index is 12.2. The van der Waals surface area contributed by atoms with E-state index in [9.17, 15) is 4.79 Å². The van der Waals surface area contributed by atoms with Gasteiger partial charge in [0.05, 0.1) is 7.11 Å². The van der Waals surface area contributed by atoms with Crippen molar-refractivity contribution in [3.05, 3.63) is 42.2 Å². The van der Waals surface area contributed by atoms with Crippen molar-refractivity contribution in [3.63, 3.8) is 0 Å². The quantitative estimate of drug-likeness (QED) is 0.797. The van der Waals surface area contributed by atoms with Gasteiger partial charge in [0.15, 0.2) is 5.82 Å². The van der Waals surface area contributed by atoms with E-state index in [0.29, 0.717) is 19.0 Å². The zero-order valence-corrected chi connectivity index (χ0v) is 15.4. The first-order valence-electron chi connectivity index (χ1n) is 9.04. The van der Waals surface area contributed by atoms with Crippen molar-refractivity contribution in [1.82, 2.24) is 14.9 Å². The fourth-order valence-electron chi connectivity index (χ4n) is 3.20. The molecule has 1 saturated heterocycles. The van der Waals surface area contributed by atoms with Crippen LogP contribution in [0.2, 0.25) is 0 Å². The van der Waals surface area contributed by atoms with Crippen LogP contribution >= 0.6 is 0 Å². The van der Waals surface area contributed by atoms with Crippen molar-refractivity contribution in [3.8, 4) is 17.1 Å². The molecular weight excluding hydrogens is 330 g/mol. The van der Waals surface area contributed by atoms with Gasteiger partial charge in [-0.05, 0) is 50.1 Å². The average molecular weight is 355 g/mol. The molecule has 2 heterocycles. The zero-order chi connectivity index (χ0) is 18.4. The van der Waals surface area contributed by atoms with Crippen molar-refractivity contribution < 1.29 is 14.3 Å². The van der Waals surface area contributed by atoms with Crippen molar-refractivity contribution >= 4 is 5.91 Å². The van der Waals surface area contributed by atoms with E-state index in [1.165, 1.54) is 0 Å². The molecule has 1 aromatic heterocycles. The molecule has 0 N–H and O–H groups in total. The molecule has 0 aliphatic carbocycles. The number of ether oxygens (including phenoxy) is 2. The zero-order valence-electron chi connectivity index (χ0n) is 15.4. The fourth-order valence-corrected chi connectivity index (χ4v) is 3.20. The van der Waals surface area contributed by atoms with Crippen molar-refractivity contribution in [2.45, 2.75) is 25.7 Å². The number of hydrogen-bond acceptors (Lipinski definition) is 5. The summed E-state index contributed by atoms with van der Waals surface area (Å²) in [7, 11) is 1.65. The van der Waals surface area contributed by atoms with Gasteiger partial charge in [-0.1, -0.05) is 0 Å². The smallest absolute Gasteiger partial charge is 0.248 e. The fraction of sp³-hybridized carbons (Fsp3) is 0.450. The Morgan fingerprint density at radius 2 is 2.08 bits per heavy atom. The number of rotatable bonds is 6. The molecule has 1 amide bonds. The number of hydrogen-bond donors (Lipinski definition) is 0. The van der Waals surface area contributed by atoms with Gasteiger partial charge >= 0.3 is 0 Å². The third-order valence-corrected chi connectivity index (χ3v) is 4.65.